The minimum absolute atomic E-state index is 0.146. The van der Waals surface area contributed by atoms with Crippen molar-refractivity contribution in [3.05, 3.63) is 59.9 Å². The maximum absolute atomic E-state index is 13.2. The van der Waals surface area contributed by atoms with Crippen molar-refractivity contribution in [2.75, 3.05) is 44.7 Å². The van der Waals surface area contributed by atoms with Crippen LogP contribution in [0.2, 0.25) is 0 Å². The number of rotatable bonds is 5. The summed E-state index contributed by atoms with van der Waals surface area (Å²) < 4.78 is 18.4. The Morgan fingerprint density at radius 2 is 1.74 bits per heavy atom. The van der Waals surface area contributed by atoms with Gasteiger partial charge >= 0.3 is 0 Å². The molecule has 1 heterocycles. The van der Waals surface area contributed by atoms with E-state index in [-0.39, 0.29) is 5.82 Å². The fourth-order valence-corrected chi connectivity index (χ4v) is 3.00. The van der Waals surface area contributed by atoms with Gasteiger partial charge in [-0.15, -0.1) is 0 Å². The molecule has 2 aromatic rings. The van der Waals surface area contributed by atoms with Gasteiger partial charge in [0.15, 0.2) is 0 Å². The first-order chi connectivity index (χ1) is 11.2. The first-order valence-corrected chi connectivity index (χ1v) is 8.10. The summed E-state index contributed by atoms with van der Waals surface area (Å²) in [6, 6.07) is 15.1. The van der Waals surface area contributed by atoms with Crippen LogP contribution in [0.25, 0.3) is 0 Å². The van der Waals surface area contributed by atoms with Gasteiger partial charge in [0.1, 0.15) is 11.6 Å². The summed E-state index contributed by atoms with van der Waals surface area (Å²) in [5.41, 5.74) is 2.32. The van der Waals surface area contributed by atoms with E-state index in [0.717, 1.165) is 50.5 Å². The lowest BCUT2D eigenvalue weighted by molar-refractivity contribution is 0.261. The zero-order chi connectivity index (χ0) is 16.1. The molecule has 0 atom stereocenters. The Labute approximate surface area is 137 Å². The van der Waals surface area contributed by atoms with E-state index < -0.39 is 0 Å². The van der Waals surface area contributed by atoms with Gasteiger partial charge in [0, 0.05) is 38.4 Å². The number of methoxy groups -OCH3 is 1. The van der Waals surface area contributed by atoms with Crippen LogP contribution >= 0.6 is 0 Å². The molecule has 2 aromatic carbocycles. The third-order valence-corrected chi connectivity index (χ3v) is 4.42. The highest BCUT2D eigenvalue weighted by atomic mass is 19.1. The Morgan fingerprint density at radius 3 is 2.39 bits per heavy atom. The van der Waals surface area contributed by atoms with Gasteiger partial charge in [-0.3, -0.25) is 4.90 Å². The normalized spacial score (nSPS) is 15.7. The Kier molecular flexibility index (Phi) is 5.13. The van der Waals surface area contributed by atoms with Gasteiger partial charge in [-0.25, -0.2) is 4.39 Å². The number of nitrogens with zero attached hydrogens (tertiary/aromatic N) is 2. The van der Waals surface area contributed by atoms with Crippen molar-refractivity contribution in [1.82, 2.24) is 4.90 Å². The van der Waals surface area contributed by atoms with E-state index in [4.69, 9.17) is 4.74 Å². The Morgan fingerprint density at radius 1 is 1.00 bits per heavy atom. The second-order valence-electron chi connectivity index (χ2n) is 5.91. The molecule has 0 aromatic heterocycles. The van der Waals surface area contributed by atoms with Crippen LogP contribution in [0.15, 0.2) is 48.5 Å². The van der Waals surface area contributed by atoms with Crippen molar-refractivity contribution in [1.29, 1.82) is 0 Å². The van der Waals surface area contributed by atoms with E-state index in [9.17, 15) is 4.39 Å². The Bertz CT molecular complexity index is 622. The highest BCUT2D eigenvalue weighted by Gasteiger charge is 2.17. The van der Waals surface area contributed by atoms with E-state index in [0.29, 0.717) is 0 Å². The molecule has 0 bridgehead atoms. The maximum Gasteiger partial charge on any atom is 0.123 e. The van der Waals surface area contributed by atoms with Gasteiger partial charge in [0.25, 0.3) is 0 Å². The molecule has 1 aliphatic rings. The fourth-order valence-electron chi connectivity index (χ4n) is 3.00. The molecular weight excluding hydrogens is 291 g/mol. The maximum atomic E-state index is 13.2. The summed E-state index contributed by atoms with van der Waals surface area (Å²) in [6.07, 6.45) is 0.903. The quantitative estimate of drug-likeness (QED) is 0.843. The average molecular weight is 314 g/mol. The first kappa shape index (κ1) is 15.8. The number of ether oxygens (including phenoxy) is 1. The number of anilines is 1. The smallest absolute Gasteiger partial charge is 0.123 e. The van der Waals surface area contributed by atoms with E-state index in [1.165, 1.54) is 11.8 Å². The van der Waals surface area contributed by atoms with E-state index in [1.54, 1.807) is 19.2 Å². The predicted molar refractivity (Wildman–Crippen MR) is 91.8 cm³/mol. The standard InChI is InChI=1S/C19H23FN2O/c1-23-19-7-5-18(6-8-19)22-13-11-21(12-14-22)10-9-16-3-2-4-17(20)15-16/h2-8,15H,9-14H2,1H3. The SMILES string of the molecule is COc1ccc(N2CCN(CCc3cccc(F)c3)CC2)cc1. The molecule has 0 spiro atoms. The summed E-state index contributed by atoms with van der Waals surface area (Å²) in [5.74, 6) is 0.745. The zero-order valence-electron chi connectivity index (χ0n) is 13.5. The average Bonchev–Trinajstić information content (AvgIpc) is 2.61. The molecule has 122 valence electrons. The monoisotopic (exact) mass is 314 g/mol. The van der Waals surface area contributed by atoms with Crippen molar-refractivity contribution in [3.8, 4) is 5.75 Å². The second-order valence-corrected chi connectivity index (χ2v) is 5.91. The third-order valence-electron chi connectivity index (χ3n) is 4.42. The van der Waals surface area contributed by atoms with Crippen molar-refractivity contribution in [3.63, 3.8) is 0 Å². The minimum Gasteiger partial charge on any atom is -0.497 e. The van der Waals surface area contributed by atoms with Gasteiger partial charge in [0.2, 0.25) is 0 Å². The van der Waals surface area contributed by atoms with E-state index in [2.05, 4.69) is 21.9 Å². The zero-order valence-corrected chi connectivity index (χ0v) is 13.5. The molecule has 1 saturated heterocycles. The number of benzene rings is 2. The van der Waals surface area contributed by atoms with Crippen LogP contribution in [0.4, 0.5) is 10.1 Å². The van der Waals surface area contributed by atoms with Crippen LogP contribution in [0.1, 0.15) is 5.56 Å². The molecule has 3 rings (SSSR count). The van der Waals surface area contributed by atoms with Gasteiger partial charge in [0.05, 0.1) is 7.11 Å². The fraction of sp³-hybridized carbons (Fsp3) is 0.368. The molecule has 0 N–H and O–H groups in total. The van der Waals surface area contributed by atoms with Gasteiger partial charge in [-0.1, -0.05) is 12.1 Å². The van der Waals surface area contributed by atoms with Gasteiger partial charge in [-0.2, -0.15) is 0 Å². The first-order valence-electron chi connectivity index (χ1n) is 8.10. The summed E-state index contributed by atoms with van der Waals surface area (Å²) in [6.45, 7) is 5.12. The molecule has 0 amide bonds. The molecule has 0 saturated carbocycles. The topological polar surface area (TPSA) is 15.7 Å². The highest BCUT2D eigenvalue weighted by Crippen LogP contribution is 2.20. The second kappa shape index (κ2) is 7.47. The number of hydrogen-bond donors (Lipinski definition) is 0. The Hall–Kier alpha value is -2.07. The summed E-state index contributed by atoms with van der Waals surface area (Å²) in [4.78, 5) is 4.85. The number of hydrogen-bond acceptors (Lipinski definition) is 3. The summed E-state index contributed by atoms with van der Waals surface area (Å²) in [7, 11) is 1.69. The van der Waals surface area contributed by atoms with Crippen LogP contribution < -0.4 is 9.64 Å². The summed E-state index contributed by atoms with van der Waals surface area (Å²) >= 11 is 0. The molecular formula is C19H23FN2O. The summed E-state index contributed by atoms with van der Waals surface area (Å²) in [5, 5.41) is 0. The highest BCUT2D eigenvalue weighted by molar-refractivity contribution is 5.49. The van der Waals surface area contributed by atoms with E-state index >= 15 is 0 Å². The van der Waals surface area contributed by atoms with Crippen LogP contribution in [0.3, 0.4) is 0 Å². The van der Waals surface area contributed by atoms with E-state index in [1.807, 2.05) is 18.2 Å². The van der Waals surface area contributed by atoms with Crippen LogP contribution in [0.5, 0.6) is 5.75 Å². The van der Waals surface area contributed by atoms with Crippen molar-refractivity contribution < 1.29 is 9.13 Å². The molecule has 1 aliphatic heterocycles. The van der Waals surface area contributed by atoms with Gasteiger partial charge < -0.3 is 9.64 Å². The predicted octanol–water partition coefficient (Wildman–Crippen LogP) is 3.20. The third kappa shape index (κ3) is 4.23. The molecule has 23 heavy (non-hydrogen) atoms. The number of halogens is 1. The lowest BCUT2D eigenvalue weighted by Crippen LogP contribution is -2.46. The van der Waals surface area contributed by atoms with Crippen molar-refractivity contribution in [2.45, 2.75) is 6.42 Å². The molecule has 0 aliphatic carbocycles. The Balaban J connectivity index is 1.48. The molecule has 1 fully saturated rings. The lowest BCUT2D eigenvalue weighted by Gasteiger charge is -2.36. The van der Waals surface area contributed by atoms with Crippen molar-refractivity contribution in [2.24, 2.45) is 0 Å². The van der Waals surface area contributed by atoms with Crippen molar-refractivity contribution >= 4 is 5.69 Å². The molecule has 4 heteroatoms. The minimum atomic E-state index is -0.146. The largest absolute Gasteiger partial charge is 0.497 e. The van der Waals surface area contributed by atoms with Crippen LogP contribution in [-0.2, 0) is 6.42 Å². The van der Waals surface area contributed by atoms with Crippen LogP contribution in [0, 0.1) is 5.82 Å². The molecule has 3 nitrogen and oxygen atoms in total. The van der Waals surface area contributed by atoms with Crippen LogP contribution in [-0.4, -0.2) is 44.7 Å². The van der Waals surface area contributed by atoms with Gasteiger partial charge in [-0.05, 0) is 48.4 Å². The molecule has 0 radical (unpaired) electrons. The lowest BCUT2D eigenvalue weighted by atomic mass is 10.1. The number of piperazine rings is 1. The molecule has 0 unspecified atom stereocenters.